The van der Waals surface area contributed by atoms with Crippen molar-refractivity contribution in [2.75, 3.05) is 39.3 Å². The summed E-state index contributed by atoms with van der Waals surface area (Å²) in [5, 5.41) is 1.07. The molecule has 1 amide bonds. The number of nitrogens with zero attached hydrogens (tertiary/aromatic N) is 3. The summed E-state index contributed by atoms with van der Waals surface area (Å²) in [4.78, 5) is 24.2. The van der Waals surface area contributed by atoms with E-state index < -0.39 is 0 Å². The van der Waals surface area contributed by atoms with E-state index in [9.17, 15) is 4.79 Å². The molecule has 0 spiro atoms. The van der Waals surface area contributed by atoms with Gasteiger partial charge in [0.2, 0.25) is 0 Å². The van der Waals surface area contributed by atoms with Crippen LogP contribution in [0.5, 0.6) is 5.75 Å². The summed E-state index contributed by atoms with van der Waals surface area (Å²) in [5.74, 6) is 0.918. The minimum Gasteiger partial charge on any atom is -0.492 e. The van der Waals surface area contributed by atoms with Gasteiger partial charge in [-0.05, 0) is 24.3 Å². The maximum Gasteiger partial charge on any atom is 0.270 e. The van der Waals surface area contributed by atoms with Gasteiger partial charge in [-0.2, -0.15) is 0 Å². The van der Waals surface area contributed by atoms with Crippen LogP contribution in [0.4, 0.5) is 0 Å². The Bertz CT molecular complexity index is 837. The Kier molecular flexibility index (Phi) is 4.84. The standard InChI is InChI=1S/C20H22N4O2/c25-20(19-15-16-3-1-2-4-18(16)22-19)24-11-9-23(10-12-24)13-14-26-17-5-7-21-8-6-17/h1-8,15,22H,9-14H2. The molecular formula is C20H22N4O2. The highest BCUT2D eigenvalue weighted by atomic mass is 16.5. The number of pyridine rings is 1. The monoisotopic (exact) mass is 350 g/mol. The van der Waals surface area contributed by atoms with Crippen LogP contribution in [0, 0.1) is 0 Å². The molecule has 1 N–H and O–H groups in total. The van der Waals surface area contributed by atoms with Gasteiger partial charge in [0.25, 0.3) is 5.91 Å². The number of carbonyl (C=O) groups is 1. The number of hydrogen-bond acceptors (Lipinski definition) is 4. The maximum absolute atomic E-state index is 12.7. The van der Waals surface area contributed by atoms with Gasteiger partial charge in [0.05, 0.1) is 0 Å². The van der Waals surface area contributed by atoms with Gasteiger partial charge >= 0.3 is 0 Å². The van der Waals surface area contributed by atoms with Crippen molar-refractivity contribution in [2.24, 2.45) is 0 Å². The zero-order chi connectivity index (χ0) is 17.8. The van der Waals surface area contributed by atoms with Crippen LogP contribution in [0.2, 0.25) is 0 Å². The summed E-state index contributed by atoms with van der Waals surface area (Å²) >= 11 is 0. The second-order valence-electron chi connectivity index (χ2n) is 6.44. The third kappa shape index (κ3) is 3.70. The molecule has 0 radical (unpaired) electrons. The molecule has 1 saturated heterocycles. The van der Waals surface area contributed by atoms with E-state index in [0.29, 0.717) is 12.3 Å². The molecule has 0 bridgehead atoms. The van der Waals surface area contributed by atoms with Crippen LogP contribution in [0.15, 0.2) is 54.9 Å². The van der Waals surface area contributed by atoms with Gasteiger partial charge in [-0.25, -0.2) is 0 Å². The molecule has 134 valence electrons. The number of aromatic amines is 1. The lowest BCUT2D eigenvalue weighted by Crippen LogP contribution is -2.49. The number of aromatic nitrogens is 2. The second-order valence-corrected chi connectivity index (χ2v) is 6.44. The van der Waals surface area contributed by atoms with Crippen molar-refractivity contribution in [2.45, 2.75) is 0 Å². The molecule has 3 heterocycles. The van der Waals surface area contributed by atoms with Crippen molar-refractivity contribution in [1.82, 2.24) is 19.8 Å². The highest BCUT2D eigenvalue weighted by Gasteiger charge is 2.23. The fourth-order valence-electron chi connectivity index (χ4n) is 3.26. The molecule has 1 fully saturated rings. The molecule has 1 aromatic carbocycles. The first-order chi connectivity index (χ1) is 12.8. The lowest BCUT2D eigenvalue weighted by molar-refractivity contribution is 0.0615. The Labute approximate surface area is 152 Å². The number of rotatable bonds is 5. The maximum atomic E-state index is 12.7. The van der Waals surface area contributed by atoms with Crippen LogP contribution < -0.4 is 4.74 Å². The fourth-order valence-corrected chi connectivity index (χ4v) is 3.26. The Hall–Kier alpha value is -2.86. The molecule has 1 aliphatic rings. The van der Waals surface area contributed by atoms with Gasteiger partial charge in [0.15, 0.2) is 0 Å². The van der Waals surface area contributed by atoms with Gasteiger partial charge in [-0.1, -0.05) is 18.2 Å². The van der Waals surface area contributed by atoms with Crippen molar-refractivity contribution in [3.05, 3.63) is 60.6 Å². The molecule has 3 aromatic rings. The minimum absolute atomic E-state index is 0.0777. The fraction of sp³-hybridized carbons (Fsp3) is 0.300. The van der Waals surface area contributed by atoms with Crippen LogP contribution in [0.3, 0.4) is 0 Å². The second kappa shape index (κ2) is 7.58. The van der Waals surface area contributed by atoms with Gasteiger partial charge in [0, 0.05) is 56.0 Å². The summed E-state index contributed by atoms with van der Waals surface area (Å²) < 4.78 is 5.72. The largest absolute Gasteiger partial charge is 0.492 e. The smallest absolute Gasteiger partial charge is 0.270 e. The van der Waals surface area contributed by atoms with Crippen LogP contribution in [0.1, 0.15) is 10.5 Å². The highest BCUT2D eigenvalue weighted by Crippen LogP contribution is 2.17. The Morgan fingerprint density at radius 1 is 1.08 bits per heavy atom. The zero-order valence-corrected chi connectivity index (χ0v) is 14.6. The number of ether oxygens (including phenoxy) is 1. The number of fused-ring (bicyclic) bond motifs is 1. The third-order valence-corrected chi connectivity index (χ3v) is 4.75. The van der Waals surface area contributed by atoms with Gasteiger partial charge < -0.3 is 14.6 Å². The van der Waals surface area contributed by atoms with E-state index in [1.807, 2.05) is 47.4 Å². The van der Waals surface area contributed by atoms with E-state index >= 15 is 0 Å². The Morgan fingerprint density at radius 3 is 2.62 bits per heavy atom. The predicted molar refractivity (Wildman–Crippen MR) is 100 cm³/mol. The van der Waals surface area contributed by atoms with E-state index in [-0.39, 0.29) is 5.91 Å². The summed E-state index contributed by atoms with van der Waals surface area (Å²) in [7, 11) is 0. The Balaban J connectivity index is 1.27. The van der Waals surface area contributed by atoms with Gasteiger partial charge in [-0.15, -0.1) is 0 Å². The Morgan fingerprint density at radius 2 is 1.85 bits per heavy atom. The van der Waals surface area contributed by atoms with E-state index in [1.54, 1.807) is 12.4 Å². The van der Waals surface area contributed by atoms with Crippen molar-refractivity contribution >= 4 is 16.8 Å². The van der Waals surface area contributed by atoms with Gasteiger partial charge in [-0.3, -0.25) is 14.7 Å². The number of piperazine rings is 1. The molecule has 1 aliphatic heterocycles. The summed E-state index contributed by atoms with van der Waals surface area (Å²) in [5.41, 5.74) is 1.67. The molecule has 26 heavy (non-hydrogen) atoms. The number of amides is 1. The predicted octanol–water partition coefficient (Wildman–Crippen LogP) is 2.40. The summed E-state index contributed by atoms with van der Waals surface area (Å²) in [6.45, 7) is 4.71. The number of hydrogen-bond donors (Lipinski definition) is 1. The lowest BCUT2D eigenvalue weighted by atomic mass is 10.2. The SMILES string of the molecule is O=C(c1cc2ccccc2[nH]1)N1CCN(CCOc2ccncc2)CC1. The van der Waals surface area contributed by atoms with E-state index in [1.165, 1.54) is 0 Å². The first-order valence-corrected chi connectivity index (χ1v) is 8.92. The quantitative estimate of drug-likeness (QED) is 0.768. The average Bonchev–Trinajstić information content (AvgIpc) is 3.13. The number of benzene rings is 1. The highest BCUT2D eigenvalue weighted by molar-refractivity contribution is 5.98. The van der Waals surface area contributed by atoms with Crippen molar-refractivity contribution in [3.8, 4) is 5.75 Å². The molecular weight excluding hydrogens is 328 g/mol. The van der Waals surface area contributed by atoms with E-state index in [2.05, 4.69) is 14.9 Å². The van der Waals surface area contributed by atoms with Crippen LogP contribution >= 0.6 is 0 Å². The molecule has 0 saturated carbocycles. The first-order valence-electron chi connectivity index (χ1n) is 8.92. The molecule has 0 unspecified atom stereocenters. The number of H-pyrrole nitrogens is 1. The lowest BCUT2D eigenvalue weighted by Gasteiger charge is -2.34. The van der Waals surface area contributed by atoms with E-state index in [4.69, 9.17) is 4.74 Å². The average molecular weight is 350 g/mol. The van der Waals surface area contributed by atoms with Crippen molar-refractivity contribution in [1.29, 1.82) is 0 Å². The summed E-state index contributed by atoms with van der Waals surface area (Å²) in [6.07, 6.45) is 3.45. The summed E-state index contributed by atoms with van der Waals surface area (Å²) in [6, 6.07) is 13.6. The molecule has 0 aliphatic carbocycles. The van der Waals surface area contributed by atoms with Crippen LogP contribution in [-0.4, -0.2) is 65.0 Å². The molecule has 6 nitrogen and oxygen atoms in total. The third-order valence-electron chi connectivity index (χ3n) is 4.75. The molecule has 6 heteroatoms. The zero-order valence-electron chi connectivity index (χ0n) is 14.6. The van der Waals surface area contributed by atoms with E-state index in [0.717, 1.165) is 49.4 Å². The molecule has 0 atom stereocenters. The van der Waals surface area contributed by atoms with Crippen LogP contribution in [-0.2, 0) is 0 Å². The van der Waals surface area contributed by atoms with Crippen LogP contribution in [0.25, 0.3) is 10.9 Å². The topological polar surface area (TPSA) is 61.5 Å². The number of para-hydroxylation sites is 1. The van der Waals surface area contributed by atoms with Crippen molar-refractivity contribution < 1.29 is 9.53 Å². The number of carbonyl (C=O) groups excluding carboxylic acids is 1. The normalized spacial score (nSPS) is 15.3. The molecule has 4 rings (SSSR count). The first kappa shape index (κ1) is 16.6. The van der Waals surface area contributed by atoms with Crippen molar-refractivity contribution in [3.63, 3.8) is 0 Å². The number of nitrogens with one attached hydrogen (secondary N) is 1. The minimum atomic E-state index is 0.0777. The molecule has 2 aromatic heterocycles. The van der Waals surface area contributed by atoms with Gasteiger partial charge in [0.1, 0.15) is 18.1 Å².